The normalized spacial score (nSPS) is 12.4. The Kier molecular flexibility index (Phi) is 59.3. The van der Waals surface area contributed by atoms with Crippen molar-refractivity contribution in [2.75, 3.05) is 13.2 Å². The molecule has 0 aromatic carbocycles. The molecule has 0 radical (unpaired) electrons. The van der Waals surface area contributed by atoms with E-state index in [9.17, 15) is 14.4 Å². The van der Waals surface area contributed by atoms with Crippen molar-refractivity contribution < 1.29 is 28.6 Å². The van der Waals surface area contributed by atoms with Gasteiger partial charge in [0.25, 0.3) is 0 Å². The van der Waals surface area contributed by atoms with E-state index >= 15 is 0 Å². The van der Waals surface area contributed by atoms with E-state index < -0.39 is 6.10 Å². The third-order valence-electron chi connectivity index (χ3n) is 16.1. The molecule has 0 N–H and O–H groups in total. The molecule has 0 rings (SSSR count). The molecular weight excluding hydrogens is 913 g/mol. The summed E-state index contributed by atoms with van der Waals surface area (Å²) in [5.74, 6) is 0.941. The lowest BCUT2D eigenvalue weighted by Gasteiger charge is -2.18. The van der Waals surface area contributed by atoms with Crippen LogP contribution in [0.25, 0.3) is 0 Å². The minimum Gasteiger partial charge on any atom is -0.462 e. The number of hydrogen-bond donors (Lipinski definition) is 0. The first kappa shape index (κ1) is 72.4. The van der Waals surface area contributed by atoms with Crippen molar-refractivity contribution in [3.63, 3.8) is 0 Å². The first-order valence-corrected chi connectivity index (χ1v) is 33.8. The fourth-order valence-corrected chi connectivity index (χ4v) is 10.6. The molecular formula is C68H132O6. The van der Waals surface area contributed by atoms with Gasteiger partial charge in [-0.1, -0.05) is 349 Å². The zero-order chi connectivity index (χ0) is 53.9. The number of hydrogen-bond acceptors (Lipinski definition) is 6. The summed E-state index contributed by atoms with van der Waals surface area (Å²) in [7, 11) is 0. The van der Waals surface area contributed by atoms with Gasteiger partial charge in [-0.15, -0.1) is 0 Å². The molecule has 0 saturated heterocycles. The topological polar surface area (TPSA) is 78.9 Å². The summed E-state index contributed by atoms with van der Waals surface area (Å²) in [4.78, 5) is 38.4. The quantitative estimate of drug-likeness (QED) is 0.0343. The molecule has 1 unspecified atom stereocenters. The maximum Gasteiger partial charge on any atom is 0.306 e. The monoisotopic (exact) mass is 1050 g/mol. The summed E-state index contributed by atoms with van der Waals surface area (Å²) >= 11 is 0. The SMILES string of the molecule is CCCCCCCCCCCCCCCC(=O)OC[C@@H](COC(=O)CCCCCCCCCCCCCCCCCCCCC(C)CC)OC(=O)CCCCCCCCCCCCCCCCCCCCC(C)C. The van der Waals surface area contributed by atoms with E-state index in [2.05, 4.69) is 34.6 Å². The molecule has 440 valence electrons. The van der Waals surface area contributed by atoms with Crippen LogP contribution >= 0.6 is 0 Å². The first-order chi connectivity index (χ1) is 36.3. The van der Waals surface area contributed by atoms with Gasteiger partial charge in [-0.2, -0.15) is 0 Å². The lowest BCUT2D eigenvalue weighted by molar-refractivity contribution is -0.167. The zero-order valence-electron chi connectivity index (χ0n) is 51.0. The fourth-order valence-electron chi connectivity index (χ4n) is 10.6. The van der Waals surface area contributed by atoms with Crippen LogP contribution in [0, 0.1) is 11.8 Å². The second-order valence-electron chi connectivity index (χ2n) is 24.2. The van der Waals surface area contributed by atoms with Gasteiger partial charge in [0.05, 0.1) is 0 Å². The van der Waals surface area contributed by atoms with Gasteiger partial charge in [-0.05, 0) is 31.1 Å². The van der Waals surface area contributed by atoms with Gasteiger partial charge in [-0.25, -0.2) is 0 Å². The lowest BCUT2D eigenvalue weighted by atomic mass is 9.99. The minimum atomic E-state index is -0.764. The third-order valence-corrected chi connectivity index (χ3v) is 16.1. The standard InChI is InChI=1S/C68H132O6/c1-6-8-9-10-11-12-13-26-33-38-43-48-53-58-66(69)72-61-65(74-68(71)60-55-50-45-40-35-30-25-21-16-14-18-22-27-31-36-41-46-51-56-63(3)4)62-73-67(70)59-54-49-44-39-34-29-24-20-17-15-19-23-28-32-37-42-47-52-57-64(5)7-2/h63-65H,6-62H2,1-5H3/t64?,65-/m0/s1. The molecule has 0 bridgehead atoms. The average Bonchev–Trinajstić information content (AvgIpc) is 3.39. The van der Waals surface area contributed by atoms with Crippen molar-refractivity contribution in [3.8, 4) is 0 Å². The predicted octanol–water partition coefficient (Wildman–Crippen LogP) is 22.8. The first-order valence-electron chi connectivity index (χ1n) is 33.8. The van der Waals surface area contributed by atoms with E-state index in [1.807, 2.05) is 0 Å². The Labute approximate surface area is 463 Å². The van der Waals surface area contributed by atoms with Crippen LogP contribution in [0.3, 0.4) is 0 Å². The van der Waals surface area contributed by atoms with Crippen molar-refractivity contribution in [1.82, 2.24) is 0 Å². The average molecular weight is 1050 g/mol. The Morgan fingerprint density at radius 2 is 0.514 bits per heavy atom. The van der Waals surface area contributed by atoms with Crippen LogP contribution in [-0.2, 0) is 28.6 Å². The smallest absolute Gasteiger partial charge is 0.306 e. The Bertz CT molecular complexity index is 1140. The maximum atomic E-state index is 12.9. The van der Waals surface area contributed by atoms with Crippen LogP contribution in [-0.4, -0.2) is 37.2 Å². The van der Waals surface area contributed by atoms with Crippen molar-refractivity contribution in [2.24, 2.45) is 11.8 Å². The summed E-state index contributed by atoms with van der Waals surface area (Å²) in [6.45, 7) is 11.5. The maximum absolute atomic E-state index is 12.9. The third kappa shape index (κ3) is 59.7. The summed E-state index contributed by atoms with van der Waals surface area (Å²) in [6, 6.07) is 0. The van der Waals surface area contributed by atoms with Gasteiger partial charge in [0.1, 0.15) is 13.2 Å². The fraction of sp³-hybridized carbons (Fsp3) is 0.956. The number of esters is 3. The molecule has 0 aliphatic heterocycles. The predicted molar refractivity (Wildman–Crippen MR) is 321 cm³/mol. The molecule has 0 aromatic heterocycles. The van der Waals surface area contributed by atoms with Crippen LogP contribution in [0.4, 0.5) is 0 Å². The number of carbonyl (C=O) groups excluding carboxylic acids is 3. The molecule has 0 fully saturated rings. The van der Waals surface area contributed by atoms with Crippen molar-refractivity contribution in [1.29, 1.82) is 0 Å². The van der Waals surface area contributed by atoms with Gasteiger partial charge < -0.3 is 14.2 Å². The largest absolute Gasteiger partial charge is 0.462 e. The molecule has 0 heterocycles. The van der Waals surface area contributed by atoms with Crippen LogP contribution in [0.2, 0.25) is 0 Å². The van der Waals surface area contributed by atoms with E-state index in [1.54, 1.807) is 0 Å². The molecule has 0 aromatic rings. The van der Waals surface area contributed by atoms with Gasteiger partial charge in [0, 0.05) is 19.3 Å². The van der Waals surface area contributed by atoms with Crippen LogP contribution in [0.5, 0.6) is 0 Å². The summed E-state index contributed by atoms with van der Waals surface area (Å²) in [6.07, 6.45) is 68.2. The molecule has 6 nitrogen and oxygen atoms in total. The minimum absolute atomic E-state index is 0.0614. The highest BCUT2D eigenvalue weighted by Gasteiger charge is 2.20. The van der Waals surface area contributed by atoms with E-state index in [0.29, 0.717) is 19.3 Å². The summed E-state index contributed by atoms with van der Waals surface area (Å²) < 4.78 is 17.0. The lowest BCUT2D eigenvalue weighted by Crippen LogP contribution is -2.30. The summed E-state index contributed by atoms with van der Waals surface area (Å²) in [5.41, 5.74) is 0. The van der Waals surface area contributed by atoms with E-state index in [0.717, 1.165) is 69.6 Å². The number of unbranched alkanes of at least 4 members (excludes halogenated alkanes) is 46. The molecule has 0 amide bonds. The molecule has 0 saturated carbocycles. The van der Waals surface area contributed by atoms with Gasteiger partial charge >= 0.3 is 17.9 Å². The van der Waals surface area contributed by atoms with Crippen molar-refractivity contribution >= 4 is 17.9 Å². The molecule has 0 spiro atoms. The number of carbonyl (C=O) groups is 3. The van der Waals surface area contributed by atoms with Crippen molar-refractivity contribution in [2.45, 2.75) is 394 Å². The summed E-state index contributed by atoms with van der Waals surface area (Å²) in [5, 5.41) is 0. The van der Waals surface area contributed by atoms with Gasteiger partial charge in [-0.3, -0.25) is 14.4 Å². The second kappa shape index (κ2) is 60.6. The van der Waals surface area contributed by atoms with E-state index in [4.69, 9.17) is 14.2 Å². The Morgan fingerprint density at radius 3 is 0.770 bits per heavy atom. The van der Waals surface area contributed by atoms with Crippen LogP contribution < -0.4 is 0 Å². The molecule has 74 heavy (non-hydrogen) atoms. The highest BCUT2D eigenvalue weighted by atomic mass is 16.6. The van der Waals surface area contributed by atoms with E-state index in [1.165, 1.54) is 276 Å². The zero-order valence-corrected chi connectivity index (χ0v) is 51.0. The van der Waals surface area contributed by atoms with Gasteiger partial charge in [0.15, 0.2) is 6.10 Å². The number of rotatable bonds is 62. The Balaban J connectivity index is 4.23. The Morgan fingerprint density at radius 1 is 0.284 bits per heavy atom. The molecule has 0 aliphatic carbocycles. The molecule has 6 heteroatoms. The highest BCUT2D eigenvalue weighted by molar-refractivity contribution is 5.71. The number of ether oxygens (including phenoxy) is 3. The molecule has 2 atom stereocenters. The Hall–Kier alpha value is -1.59. The second-order valence-corrected chi connectivity index (χ2v) is 24.2. The van der Waals surface area contributed by atoms with E-state index in [-0.39, 0.29) is 31.1 Å². The van der Waals surface area contributed by atoms with Crippen molar-refractivity contribution in [3.05, 3.63) is 0 Å². The van der Waals surface area contributed by atoms with Gasteiger partial charge in [0.2, 0.25) is 0 Å². The highest BCUT2D eigenvalue weighted by Crippen LogP contribution is 2.20. The van der Waals surface area contributed by atoms with Crippen LogP contribution in [0.1, 0.15) is 388 Å². The molecule has 0 aliphatic rings. The van der Waals surface area contributed by atoms with Crippen LogP contribution in [0.15, 0.2) is 0 Å².